The van der Waals surface area contributed by atoms with Gasteiger partial charge in [0.15, 0.2) is 0 Å². The Labute approximate surface area is 174 Å². The summed E-state index contributed by atoms with van der Waals surface area (Å²) in [5.74, 6) is -0.487. The molecule has 1 unspecified atom stereocenters. The standard InChI is InChI=1S/C22H23Cl2FN2O/c1-22(28,14-3-5-19(25)18(24)11-14)13-27-20-6-4-15(23)12-17(20)16-7-9-26(2)10-8-21(16)27/h3-6,11-12,28H,7-10,13H2,1-2H3. The van der Waals surface area contributed by atoms with Gasteiger partial charge in [0.05, 0.1) is 11.6 Å². The summed E-state index contributed by atoms with van der Waals surface area (Å²) in [4.78, 5) is 2.32. The Kier molecular flexibility index (Phi) is 5.17. The topological polar surface area (TPSA) is 28.4 Å². The zero-order valence-corrected chi connectivity index (χ0v) is 17.5. The van der Waals surface area contributed by atoms with Crippen molar-refractivity contribution in [3.05, 3.63) is 69.1 Å². The Balaban J connectivity index is 1.82. The van der Waals surface area contributed by atoms with Gasteiger partial charge in [-0.25, -0.2) is 4.39 Å². The molecule has 4 rings (SSSR count). The summed E-state index contributed by atoms with van der Waals surface area (Å²) in [5.41, 5.74) is 2.99. The molecule has 0 spiro atoms. The first-order chi connectivity index (χ1) is 13.3. The number of hydrogen-bond acceptors (Lipinski definition) is 2. The fourth-order valence-electron chi connectivity index (χ4n) is 4.14. The Morgan fingerprint density at radius 1 is 1.11 bits per heavy atom. The number of halogens is 3. The highest BCUT2D eigenvalue weighted by atomic mass is 35.5. The first-order valence-electron chi connectivity index (χ1n) is 9.42. The molecule has 6 heteroatoms. The molecule has 0 radical (unpaired) electrons. The summed E-state index contributed by atoms with van der Waals surface area (Å²) in [6.45, 7) is 4.05. The number of nitrogens with zero attached hydrogens (tertiary/aromatic N) is 2. The maximum absolute atomic E-state index is 13.6. The lowest BCUT2D eigenvalue weighted by molar-refractivity contribution is 0.0387. The third-order valence-corrected chi connectivity index (χ3v) is 6.25. The number of aliphatic hydroxyl groups is 1. The van der Waals surface area contributed by atoms with Crippen molar-refractivity contribution < 1.29 is 9.50 Å². The molecule has 1 aliphatic rings. The summed E-state index contributed by atoms with van der Waals surface area (Å²) >= 11 is 12.2. The second-order valence-corrected chi connectivity index (χ2v) is 8.72. The number of benzene rings is 2. The highest BCUT2D eigenvalue weighted by Crippen LogP contribution is 2.35. The lowest BCUT2D eigenvalue weighted by atomic mass is 9.95. The number of likely N-dealkylation sites (N-methyl/N-ethyl adjacent to an activating group) is 1. The van der Waals surface area contributed by atoms with Crippen LogP contribution < -0.4 is 0 Å². The van der Waals surface area contributed by atoms with E-state index in [9.17, 15) is 9.50 Å². The summed E-state index contributed by atoms with van der Waals surface area (Å²) in [6, 6.07) is 10.3. The average molecular weight is 421 g/mol. The van der Waals surface area contributed by atoms with Gasteiger partial charge in [-0.05, 0) is 61.9 Å². The van der Waals surface area contributed by atoms with E-state index in [1.54, 1.807) is 13.0 Å². The van der Waals surface area contributed by atoms with E-state index in [4.69, 9.17) is 23.2 Å². The zero-order valence-electron chi connectivity index (χ0n) is 16.0. The van der Waals surface area contributed by atoms with Gasteiger partial charge in [0.25, 0.3) is 0 Å². The van der Waals surface area contributed by atoms with E-state index in [0.29, 0.717) is 17.1 Å². The summed E-state index contributed by atoms with van der Waals surface area (Å²) < 4.78 is 15.8. The SMILES string of the molecule is CN1CCc2c(n(CC(C)(O)c3ccc(F)c(Cl)c3)c3ccc(Cl)cc23)CC1. The molecule has 0 saturated heterocycles. The Morgan fingerprint density at radius 2 is 1.86 bits per heavy atom. The molecule has 0 bridgehead atoms. The minimum absolute atomic E-state index is 0.0161. The van der Waals surface area contributed by atoms with Crippen molar-refractivity contribution in [1.82, 2.24) is 9.47 Å². The van der Waals surface area contributed by atoms with Crippen LogP contribution in [0.1, 0.15) is 23.7 Å². The summed E-state index contributed by atoms with van der Waals surface area (Å²) in [6.07, 6.45) is 1.85. The molecule has 1 aliphatic heterocycles. The number of rotatable bonds is 3. The van der Waals surface area contributed by atoms with Crippen LogP contribution in [-0.4, -0.2) is 34.7 Å². The molecule has 0 aliphatic carbocycles. The minimum Gasteiger partial charge on any atom is -0.384 e. The molecule has 2 heterocycles. The van der Waals surface area contributed by atoms with Crippen LogP contribution in [-0.2, 0) is 25.0 Å². The predicted octanol–water partition coefficient (Wildman–Crippen LogP) is 5.03. The normalized spacial score (nSPS) is 17.4. The molecule has 3 aromatic rings. The van der Waals surface area contributed by atoms with E-state index >= 15 is 0 Å². The minimum atomic E-state index is -1.20. The quantitative estimate of drug-likeness (QED) is 0.643. The smallest absolute Gasteiger partial charge is 0.141 e. The van der Waals surface area contributed by atoms with Gasteiger partial charge in [0, 0.05) is 41.1 Å². The van der Waals surface area contributed by atoms with Gasteiger partial charge in [-0.2, -0.15) is 0 Å². The molecule has 0 amide bonds. The fourth-order valence-corrected chi connectivity index (χ4v) is 4.49. The van der Waals surface area contributed by atoms with Crippen molar-refractivity contribution in [2.45, 2.75) is 31.9 Å². The molecule has 1 aromatic heterocycles. The van der Waals surface area contributed by atoms with Crippen LogP contribution in [0.15, 0.2) is 36.4 Å². The van der Waals surface area contributed by atoms with Gasteiger partial charge in [-0.3, -0.25) is 0 Å². The largest absolute Gasteiger partial charge is 0.384 e. The molecule has 0 saturated carbocycles. The van der Waals surface area contributed by atoms with Crippen LogP contribution in [0.3, 0.4) is 0 Å². The molecular weight excluding hydrogens is 398 g/mol. The van der Waals surface area contributed by atoms with Crippen LogP contribution in [0.2, 0.25) is 10.0 Å². The summed E-state index contributed by atoms with van der Waals surface area (Å²) in [5, 5.41) is 13.1. The number of fused-ring (bicyclic) bond motifs is 3. The lowest BCUT2D eigenvalue weighted by Crippen LogP contribution is -2.29. The Hall–Kier alpha value is -1.59. The third-order valence-electron chi connectivity index (χ3n) is 5.73. The monoisotopic (exact) mass is 420 g/mol. The highest BCUT2D eigenvalue weighted by molar-refractivity contribution is 6.31. The van der Waals surface area contributed by atoms with Crippen LogP contribution >= 0.6 is 23.2 Å². The van der Waals surface area contributed by atoms with Gasteiger partial charge >= 0.3 is 0 Å². The second kappa shape index (κ2) is 7.34. The first-order valence-corrected chi connectivity index (χ1v) is 10.2. The van der Waals surface area contributed by atoms with E-state index < -0.39 is 11.4 Å². The van der Waals surface area contributed by atoms with Gasteiger partial charge in [0.1, 0.15) is 11.4 Å². The van der Waals surface area contributed by atoms with Gasteiger partial charge in [0.2, 0.25) is 0 Å². The molecule has 3 nitrogen and oxygen atoms in total. The molecule has 28 heavy (non-hydrogen) atoms. The molecule has 148 valence electrons. The molecule has 2 aromatic carbocycles. The predicted molar refractivity (Wildman–Crippen MR) is 113 cm³/mol. The van der Waals surface area contributed by atoms with E-state index in [2.05, 4.69) is 16.5 Å². The molecule has 0 fully saturated rings. The van der Waals surface area contributed by atoms with Crippen molar-refractivity contribution in [3.8, 4) is 0 Å². The molecule has 1 atom stereocenters. The van der Waals surface area contributed by atoms with E-state index in [1.165, 1.54) is 23.4 Å². The van der Waals surface area contributed by atoms with Crippen molar-refractivity contribution >= 4 is 34.1 Å². The van der Waals surface area contributed by atoms with E-state index in [-0.39, 0.29) is 5.02 Å². The highest BCUT2D eigenvalue weighted by Gasteiger charge is 2.29. The van der Waals surface area contributed by atoms with Crippen LogP contribution in [0.4, 0.5) is 4.39 Å². The van der Waals surface area contributed by atoms with E-state index in [0.717, 1.165) is 36.8 Å². The van der Waals surface area contributed by atoms with Crippen molar-refractivity contribution in [2.75, 3.05) is 20.1 Å². The van der Waals surface area contributed by atoms with Crippen molar-refractivity contribution in [2.24, 2.45) is 0 Å². The van der Waals surface area contributed by atoms with Crippen molar-refractivity contribution in [3.63, 3.8) is 0 Å². The second-order valence-electron chi connectivity index (χ2n) is 7.88. The third kappa shape index (κ3) is 3.55. The maximum atomic E-state index is 13.6. The average Bonchev–Trinajstić information content (AvgIpc) is 2.77. The summed E-state index contributed by atoms with van der Waals surface area (Å²) in [7, 11) is 2.13. The zero-order chi connectivity index (χ0) is 20.1. The van der Waals surface area contributed by atoms with Gasteiger partial charge in [-0.15, -0.1) is 0 Å². The van der Waals surface area contributed by atoms with Crippen LogP contribution in [0.25, 0.3) is 10.9 Å². The lowest BCUT2D eigenvalue weighted by Gasteiger charge is -2.27. The van der Waals surface area contributed by atoms with Gasteiger partial charge in [-0.1, -0.05) is 29.3 Å². The molecular formula is C22H23Cl2FN2O. The van der Waals surface area contributed by atoms with E-state index in [1.807, 2.05) is 18.2 Å². The van der Waals surface area contributed by atoms with Gasteiger partial charge < -0.3 is 14.6 Å². The van der Waals surface area contributed by atoms with Crippen LogP contribution in [0.5, 0.6) is 0 Å². The first kappa shape index (κ1) is 19.7. The maximum Gasteiger partial charge on any atom is 0.141 e. The molecule has 1 N–H and O–H groups in total. The van der Waals surface area contributed by atoms with Crippen LogP contribution in [0, 0.1) is 5.82 Å². The number of aromatic nitrogens is 1. The fraction of sp³-hybridized carbons (Fsp3) is 0.364. The Morgan fingerprint density at radius 3 is 2.61 bits per heavy atom. The Bertz CT molecular complexity index is 1040. The van der Waals surface area contributed by atoms with Crippen molar-refractivity contribution in [1.29, 1.82) is 0 Å². The number of hydrogen-bond donors (Lipinski definition) is 1.